The van der Waals surface area contributed by atoms with Crippen molar-refractivity contribution in [1.29, 1.82) is 0 Å². The lowest BCUT2D eigenvalue weighted by Crippen LogP contribution is -2.34. The number of nitrogens with zero attached hydrogens (tertiary/aromatic N) is 2. The van der Waals surface area contributed by atoms with E-state index < -0.39 is 5.41 Å². The maximum absolute atomic E-state index is 11.8. The van der Waals surface area contributed by atoms with Crippen LogP contribution in [0.25, 0.3) is 11.5 Å². The van der Waals surface area contributed by atoms with Crippen molar-refractivity contribution in [3.05, 3.63) is 35.7 Å². The van der Waals surface area contributed by atoms with Crippen LogP contribution < -0.4 is 5.32 Å². The Morgan fingerprint density at radius 1 is 1.25 bits per heavy atom. The summed E-state index contributed by atoms with van der Waals surface area (Å²) in [5.41, 5.74) is 1.55. The van der Waals surface area contributed by atoms with Crippen molar-refractivity contribution >= 4 is 5.91 Å². The van der Waals surface area contributed by atoms with Crippen molar-refractivity contribution < 1.29 is 9.21 Å². The van der Waals surface area contributed by atoms with Gasteiger partial charge in [0.1, 0.15) is 0 Å². The fourth-order valence-corrected chi connectivity index (χ4v) is 1.67. The molecule has 0 aliphatic carbocycles. The number of aromatic nitrogens is 2. The molecule has 20 heavy (non-hydrogen) atoms. The second-order valence-corrected chi connectivity index (χ2v) is 5.75. The minimum absolute atomic E-state index is 0.0480. The fraction of sp³-hybridized carbons (Fsp3) is 0.400. The molecule has 0 unspecified atom stereocenters. The molecule has 0 saturated carbocycles. The fourth-order valence-electron chi connectivity index (χ4n) is 1.67. The Balaban J connectivity index is 2.07. The van der Waals surface area contributed by atoms with E-state index >= 15 is 0 Å². The average molecular weight is 273 g/mol. The first-order chi connectivity index (χ1) is 9.38. The van der Waals surface area contributed by atoms with Crippen LogP contribution >= 0.6 is 0 Å². The summed E-state index contributed by atoms with van der Waals surface area (Å²) in [4.78, 5) is 11.8. The molecule has 0 radical (unpaired) electrons. The summed E-state index contributed by atoms with van der Waals surface area (Å²) >= 11 is 0. The lowest BCUT2D eigenvalue weighted by Gasteiger charge is -2.16. The van der Waals surface area contributed by atoms with E-state index in [0.717, 1.165) is 11.1 Å². The molecule has 0 spiro atoms. The summed E-state index contributed by atoms with van der Waals surface area (Å²) in [5, 5.41) is 10.8. The third-order valence-corrected chi connectivity index (χ3v) is 2.92. The van der Waals surface area contributed by atoms with Gasteiger partial charge in [0.2, 0.25) is 17.7 Å². The number of hydrogen-bond acceptors (Lipinski definition) is 4. The van der Waals surface area contributed by atoms with Gasteiger partial charge in [-0.3, -0.25) is 4.79 Å². The van der Waals surface area contributed by atoms with E-state index in [2.05, 4.69) is 15.5 Å². The molecule has 2 aromatic rings. The van der Waals surface area contributed by atoms with Crippen LogP contribution in [-0.4, -0.2) is 16.1 Å². The van der Waals surface area contributed by atoms with E-state index in [9.17, 15) is 4.79 Å². The first-order valence-corrected chi connectivity index (χ1v) is 6.54. The maximum atomic E-state index is 11.8. The van der Waals surface area contributed by atoms with Gasteiger partial charge in [-0.1, -0.05) is 39.0 Å². The van der Waals surface area contributed by atoms with Crippen LogP contribution in [0.2, 0.25) is 0 Å². The third-order valence-electron chi connectivity index (χ3n) is 2.92. The number of nitrogens with one attached hydrogen (secondary N) is 1. The molecule has 1 amide bonds. The van der Waals surface area contributed by atoms with Crippen LogP contribution in [0.15, 0.2) is 28.7 Å². The number of amides is 1. The molecule has 1 N–H and O–H groups in total. The van der Waals surface area contributed by atoms with Gasteiger partial charge in [0, 0.05) is 11.0 Å². The smallest absolute Gasteiger partial charge is 0.248 e. The summed E-state index contributed by atoms with van der Waals surface area (Å²) in [6, 6.07) is 7.80. The Hall–Kier alpha value is -2.17. The quantitative estimate of drug-likeness (QED) is 0.933. The molecule has 0 bridgehead atoms. The van der Waals surface area contributed by atoms with Crippen molar-refractivity contribution in [1.82, 2.24) is 15.5 Å². The Bertz CT molecular complexity index is 612. The Morgan fingerprint density at radius 2 is 1.95 bits per heavy atom. The van der Waals surface area contributed by atoms with Crippen molar-refractivity contribution in [2.24, 2.45) is 5.41 Å². The Kier molecular flexibility index (Phi) is 3.88. The van der Waals surface area contributed by atoms with Gasteiger partial charge in [0.15, 0.2) is 0 Å². The highest BCUT2D eigenvalue weighted by Gasteiger charge is 2.21. The van der Waals surface area contributed by atoms with Gasteiger partial charge in [0.05, 0.1) is 6.54 Å². The van der Waals surface area contributed by atoms with E-state index in [4.69, 9.17) is 4.42 Å². The molecule has 1 aromatic heterocycles. The predicted octanol–water partition coefficient (Wildman–Crippen LogP) is 2.71. The average Bonchev–Trinajstić information content (AvgIpc) is 2.84. The van der Waals surface area contributed by atoms with Gasteiger partial charge in [-0.15, -0.1) is 10.2 Å². The summed E-state index contributed by atoms with van der Waals surface area (Å²) in [7, 11) is 0. The van der Waals surface area contributed by atoms with Gasteiger partial charge >= 0.3 is 0 Å². The van der Waals surface area contributed by atoms with Crippen LogP contribution in [0, 0.1) is 12.3 Å². The van der Waals surface area contributed by atoms with Crippen molar-refractivity contribution in [2.75, 3.05) is 0 Å². The summed E-state index contributed by atoms with van der Waals surface area (Å²) in [6.45, 7) is 7.80. The van der Waals surface area contributed by atoms with E-state index in [1.54, 1.807) is 0 Å². The highest BCUT2D eigenvalue weighted by molar-refractivity contribution is 5.81. The molecule has 0 aliphatic rings. The summed E-state index contributed by atoms with van der Waals surface area (Å²) in [5.74, 6) is 0.831. The van der Waals surface area contributed by atoms with Gasteiger partial charge in [-0.05, 0) is 18.6 Å². The SMILES string of the molecule is Cc1ccccc1-c1nnc(CNC(=O)C(C)(C)C)o1. The maximum Gasteiger partial charge on any atom is 0.248 e. The first-order valence-electron chi connectivity index (χ1n) is 6.54. The molecule has 5 nitrogen and oxygen atoms in total. The largest absolute Gasteiger partial charge is 0.419 e. The van der Waals surface area contributed by atoms with Crippen LogP contribution in [-0.2, 0) is 11.3 Å². The minimum Gasteiger partial charge on any atom is -0.419 e. The molecular weight excluding hydrogens is 254 g/mol. The van der Waals surface area contributed by atoms with Gasteiger partial charge < -0.3 is 9.73 Å². The highest BCUT2D eigenvalue weighted by Crippen LogP contribution is 2.21. The molecule has 5 heteroatoms. The van der Waals surface area contributed by atoms with Crippen LogP contribution in [0.5, 0.6) is 0 Å². The van der Waals surface area contributed by atoms with Crippen molar-refractivity contribution in [3.8, 4) is 11.5 Å². The lowest BCUT2D eigenvalue weighted by atomic mass is 9.96. The number of hydrogen-bond donors (Lipinski definition) is 1. The lowest BCUT2D eigenvalue weighted by molar-refractivity contribution is -0.128. The van der Waals surface area contributed by atoms with Gasteiger partial charge in [-0.2, -0.15) is 0 Å². The number of benzene rings is 1. The summed E-state index contributed by atoms with van der Waals surface area (Å²) in [6.07, 6.45) is 0. The van der Waals surface area contributed by atoms with E-state index in [1.165, 1.54) is 0 Å². The molecular formula is C15H19N3O2. The topological polar surface area (TPSA) is 68.0 Å². The molecule has 0 aliphatic heterocycles. The molecule has 0 atom stereocenters. The Labute approximate surface area is 118 Å². The predicted molar refractivity (Wildman–Crippen MR) is 75.8 cm³/mol. The second-order valence-electron chi connectivity index (χ2n) is 5.75. The van der Waals surface area contributed by atoms with Gasteiger partial charge in [-0.25, -0.2) is 0 Å². The number of rotatable bonds is 3. The standard InChI is InChI=1S/C15H19N3O2/c1-10-7-5-6-8-11(10)13-18-17-12(20-13)9-16-14(19)15(2,3)4/h5-8H,9H2,1-4H3,(H,16,19). The van der Waals surface area contributed by atoms with Gasteiger partial charge in [0.25, 0.3) is 0 Å². The molecule has 2 rings (SSSR count). The Morgan fingerprint density at radius 3 is 2.60 bits per heavy atom. The molecule has 1 aromatic carbocycles. The van der Waals surface area contributed by atoms with E-state index in [0.29, 0.717) is 11.8 Å². The van der Waals surface area contributed by atoms with Crippen molar-refractivity contribution in [2.45, 2.75) is 34.2 Å². The van der Waals surface area contributed by atoms with Crippen molar-refractivity contribution in [3.63, 3.8) is 0 Å². The highest BCUT2D eigenvalue weighted by atomic mass is 16.4. The normalized spacial score (nSPS) is 11.4. The number of carbonyl (C=O) groups excluding carboxylic acids is 1. The van der Waals surface area contributed by atoms with E-state index in [-0.39, 0.29) is 12.5 Å². The van der Waals surface area contributed by atoms with Crippen LogP contribution in [0.3, 0.4) is 0 Å². The minimum atomic E-state index is -0.432. The first kappa shape index (κ1) is 14.2. The zero-order chi connectivity index (χ0) is 14.8. The molecule has 106 valence electrons. The molecule has 0 fully saturated rings. The summed E-state index contributed by atoms with van der Waals surface area (Å²) < 4.78 is 5.58. The zero-order valence-electron chi connectivity index (χ0n) is 12.2. The number of aryl methyl sites for hydroxylation is 1. The van der Waals surface area contributed by atoms with E-state index in [1.807, 2.05) is 52.0 Å². The van der Waals surface area contributed by atoms with Crippen LogP contribution in [0.4, 0.5) is 0 Å². The zero-order valence-corrected chi connectivity index (χ0v) is 12.2. The monoisotopic (exact) mass is 273 g/mol. The molecule has 0 saturated heterocycles. The third kappa shape index (κ3) is 3.23. The molecule has 1 heterocycles. The van der Waals surface area contributed by atoms with Crippen LogP contribution in [0.1, 0.15) is 32.2 Å². The number of carbonyl (C=O) groups is 1. The second kappa shape index (κ2) is 5.45.